The van der Waals surface area contributed by atoms with Crippen LogP contribution >= 0.6 is 0 Å². The summed E-state index contributed by atoms with van der Waals surface area (Å²) in [5, 5.41) is 10.8. The van der Waals surface area contributed by atoms with E-state index in [1.54, 1.807) is 11.1 Å². The lowest BCUT2D eigenvalue weighted by Crippen LogP contribution is -2.54. The number of ether oxygens (including phenoxy) is 1. The number of aliphatic hydroxyl groups is 1. The van der Waals surface area contributed by atoms with Crippen molar-refractivity contribution in [1.29, 1.82) is 0 Å². The van der Waals surface area contributed by atoms with Crippen molar-refractivity contribution < 1.29 is 9.84 Å². The average Bonchev–Trinajstić information content (AvgIpc) is 3.21. The third-order valence-electron chi connectivity index (χ3n) is 12.0. The quantitative estimate of drug-likeness (QED) is 0.482. The summed E-state index contributed by atoms with van der Waals surface area (Å²) < 4.78 is 6.55. The number of hydrogen-bond acceptors (Lipinski definition) is 2. The molecule has 0 amide bonds. The Morgan fingerprint density at radius 3 is 2.28 bits per heavy atom. The molecule has 2 saturated carbocycles. The van der Waals surface area contributed by atoms with Gasteiger partial charge in [0.25, 0.3) is 0 Å². The van der Waals surface area contributed by atoms with Crippen LogP contribution in [0.15, 0.2) is 23.3 Å². The van der Waals surface area contributed by atoms with Gasteiger partial charge >= 0.3 is 0 Å². The molecule has 2 nitrogen and oxygen atoms in total. The summed E-state index contributed by atoms with van der Waals surface area (Å²) in [7, 11) is 0. The average molecular weight is 441 g/mol. The van der Waals surface area contributed by atoms with E-state index in [1.165, 1.54) is 32.1 Å². The van der Waals surface area contributed by atoms with Crippen LogP contribution < -0.4 is 0 Å². The van der Waals surface area contributed by atoms with Gasteiger partial charge in [-0.15, -0.1) is 0 Å². The van der Waals surface area contributed by atoms with Crippen molar-refractivity contribution in [3.05, 3.63) is 23.3 Å². The molecule has 2 heteroatoms. The van der Waals surface area contributed by atoms with Gasteiger partial charge in [-0.1, -0.05) is 53.7 Å². The fourth-order valence-electron chi connectivity index (χ4n) is 9.52. The minimum atomic E-state index is -0.173. The van der Waals surface area contributed by atoms with Crippen molar-refractivity contribution in [3.63, 3.8) is 0 Å². The van der Waals surface area contributed by atoms with E-state index < -0.39 is 0 Å². The molecule has 4 aliphatic carbocycles. The largest absolute Gasteiger partial charge is 0.393 e. The van der Waals surface area contributed by atoms with Crippen LogP contribution in [-0.4, -0.2) is 22.9 Å². The van der Waals surface area contributed by atoms with Crippen LogP contribution in [0, 0.1) is 39.4 Å². The summed E-state index contributed by atoms with van der Waals surface area (Å²) in [6.45, 7) is 19.4. The molecule has 0 radical (unpaired) electrons. The molecule has 8 atom stereocenters. The fraction of sp³-hybridized carbons (Fsp3) is 0.867. The third kappa shape index (κ3) is 2.90. The maximum atomic E-state index is 10.8. The predicted molar refractivity (Wildman–Crippen MR) is 132 cm³/mol. The molecule has 0 unspecified atom stereocenters. The lowest BCUT2D eigenvalue weighted by atomic mass is 9.44. The predicted octanol–water partition coefficient (Wildman–Crippen LogP) is 7.47. The fourth-order valence-corrected chi connectivity index (χ4v) is 9.52. The first-order valence-electron chi connectivity index (χ1n) is 13.5. The molecule has 1 saturated heterocycles. The summed E-state index contributed by atoms with van der Waals surface area (Å²) in [6.07, 6.45) is 15.0. The highest BCUT2D eigenvalue weighted by Crippen LogP contribution is 2.72. The Bertz CT molecular complexity index is 849. The van der Waals surface area contributed by atoms with E-state index in [-0.39, 0.29) is 27.9 Å². The van der Waals surface area contributed by atoms with Gasteiger partial charge in [0.1, 0.15) is 0 Å². The molecule has 1 heterocycles. The molecule has 0 aromatic rings. The SMILES string of the molecule is C[C@@H]([C@H]1CC[C@@]2(C)C3=CC[C@H]4C(C)(C)[C@@H](O)CC[C@]4(C)C3=CC[C@]12C)[C@H]1CCC(C)(C)O1. The Morgan fingerprint density at radius 1 is 0.906 bits per heavy atom. The maximum Gasteiger partial charge on any atom is 0.0631 e. The number of allylic oxidation sites excluding steroid dienone is 4. The second-order valence-corrected chi connectivity index (χ2v) is 14.2. The Balaban J connectivity index is 1.49. The van der Waals surface area contributed by atoms with Crippen LogP contribution in [0.2, 0.25) is 0 Å². The molecule has 0 spiro atoms. The van der Waals surface area contributed by atoms with Crippen LogP contribution in [0.25, 0.3) is 0 Å². The normalized spacial score (nSPS) is 50.0. The highest BCUT2D eigenvalue weighted by atomic mass is 16.5. The second-order valence-electron chi connectivity index (χ2n) is 14.2. The van der Waals surface area contributed by atoms with Gasteiger partial charge in [0, 0.05) is 0 Å². The third-order valence-corrected chi connectivity index (χ3v) is 12.0. The van der Waals surface area contributed by atoms with Gasteiger partial charge in [-0.2, -0.15) is 0 Å². The van der Waals surface area contributed by atoms with E-state index >= 15 is 0 Å². The van der Waals surface area contributed by atoms with Gasteiger partial charge in [0.2, 0.25) is 0 Å². The van der Waals surface area contributed by atoms with Crippen molar-refractivity contribution in [3.8, 4) is 0 Å². The molecular weight excluding hydrogens is 392 g/mol. The standard InChI is InChI=1S/C30H48O2/c1-19(23-13-15-26(2,3)32-23)20-11-17-30(8)22-9-10-24-27(4,5)25(31)14-16-28(24,6)21(22)12-18-29(20,30)7/h9,12,19-20,23-25,31H,10-11,13-18H2,1-8H3/t19-,20+,23+,24-,25-,28+,29+,30-/m0/s1. The molecule has 1 N–H and O–H groups in total. The van der Waals surface area contributed by atoms with Crippen LogP contribution in [0.5, 0.6) is 0 Å². The first kappa shape index (κ1) is 23.2. The molecule has 5 rings (SSSR count). The van der Waals surface area contributed by atoms with Gasteiger partial charge in [-0.3, -0.25) is 0 Å². The Kier molecular flexibility index (Phi) is 5.04. The van der Waals surface area contributed by atoms with Crippen LogP contribution in [0.1, 0.15) is 107 Å². The first-order valence-corrected chi connectivity index (χ1v) is 13.5. The molecular formula is C30H48O2. The van der Waals surface area contributed by atoms with Crippen molar-refractivity contribution in [2.45, 2.75) is 125 Å². The summed E-state index contributed by atoms with van der Waals surface area (Å²) in [4.78, 5) is 0. The molecule has 5 aliphatic rings. The minimum Gasteiger partial charge on any atom is -0.393 e. The number of fused-ring (bicyclic) bond motifs is 5. The second kappa shape index (κ2) is 6.97. The van der Waals surface area contributed by atoms with Gasteiger partial charge in [0.15, 0.2) is 0 Å². The molecule has 1 aliphatic heterocycles. The highest BCUT2D eigenvalue weighted by Gasteiger charge is 2.63. The maximum absolute atomic E-state index is 10.8. The topological polar surface area (TPSA) is 29.5 Å². The smallest absolute Gasteiger partial charge is 0.0631 e. The van der Waals surface area contributed by atoms with E-state index in [9.17, 15) is 5.11 Å². The van der Waals surface area contributed by atoms with Crippen molar-refractivity contribution in [2.75, 3.05) is 0 Å². The van der Waals surface area contributed by atoms with Crippen LogP contribution in [0.4, 0.5) is 0 Å². The van der Waals surface area contributed by atoms with Crippen LogP contribution in [0.3, 0.4) is 0 Å². The van der Waals surface area contributed by atoms with Crippen molar-refractivity contribution in [1.82, 2.24) is 0 Å². The number of hydrogen-bond donors (Lipinski definition) is 1. The number of aliphatic hydroxyl groups excluding tert-OH is 1. The molecule has 0 aromatic heterocycles. The Labute approximate surface area is 197 Å². The molecule has 0 aromatic carbocycles. The van der Waals surface area contributed by atoms with Crippen molar-refractivity contribution in [2.24, 2.45) is 39.4 Å². The number of rotatable bonds is 2. The summed E-state index contributed by atoms with van der Waals surface area (Å²) in [6, 6.07) is 0. The lowest BCUT2D eigenvalue weighted by molar-refractivity contribution is -0.0870. The zero-order chi connectivity index (χ0) is 23.3. The van der Waals surface area contributed by atoms with E-state index in [1.807, 2.05) is 0 Å². The minimum absolute atomic E-state index is 0.0170. The zero-order valence-corrected chi connectivity index (χ0v) is 22.1. The summed E-state index contributed by atoms with van der Waals surface area (Å²) in [5.41, 5.74) is 4.15. The molecule has 180 valence electrons. The van der Waals surface area contributed by atoms with E-state index in [0.29, 0.717) is 23.4 Å². The van der Waals surface area contributed by atoms with E-state index in [4.69, 9.17) is 4.74 Å². The summed E-state index contributed by atoms with van der Waals surface area (Å²) >= 11 is 0. The monoisotopic (exact) mass is 440 g/mol. The lowest BCUT2D eigenvalue weighted by Gasteiger charge is -2.61. The van der Waals surface area contributed by atoms with Crippen molar-refractivity contribution >= 4 is 0 Å². The highest BCUT2D eigenvalue weighted by molar-refractivity contribution is 5.49. The molecule has 32 heavy (non-hydrogen) atoms. The summed E-state index contributed by atoms with van der Waals surface area (Å²) in [5.74, 6) is 1.88. The molecule has 3 fully saturated rings. The van der Waals surface area contributed by atoms with Gasteiger partial charge in [-0.05, 0) is 116 Å². The van der Waals surface area contributed by atoms with Gasteiger partial charge < -0.3 is 9.84 Å². The molecule has 0 bridgehead atoms. The zero-order valence-electron chi connectivity index (χ0n) is 22.1. The van der Waals surface area contributed by atoms with Gasteiger partial charge in [-0.25, -0.2) is 0 Å². The van der Waals surface area contributed by atoms with Crippen LogP contribution in [-0.2, 0) is 4.74 Å². The Hall–Kier alpha value is -0.600. The Morgan fingerprint density at radius 2 is 1.62 bits per heavy atom. The van der Waals surface area contributed by atoms with E-state index in [0.717, 1.165) is 25.2 Å². The first-order chi connectivity index (χ1) is 14.8. The van der Waals surface area contributed by atoms with Gasteiger partial charge in [0.05, 0.1) is 17.8 Å². The van der Waals surface area contributed by atoms with E-state index in [2.05, 4.69) is 67.5 Å².